The van der Waals surface area contributed by atoms with Crippen molar-refractivity contribution in [3.8, 4) is 28.3 Å². The van der Waals surface area contributed by atoms with E-state index in [1.165, 1.54) is 10.9 Å². The van der Waals surface area contributed by atoms with Crippen LogP contribution in [0.2, 0.25) is 0 Å². The molecular weight excluding hydrogens is 500 g/mol. The zero-order valence-electron chi connectivity index (χ0n) is 22.7. The lowest BCUT2D eigenvalue weighted by Gasteiger charge is -2.12. The molecule has 1 aromatic heterocycles. The van der Waals surface area contributed by atoms with Crippen molar-refractivity contribution in [2.75, 3.05) is 7.05 Å². The highest BCUT2D eigenvalue weighted by Gasteiger charge is 2.31. The van der Waals surface area contributed by atoms with Gasteiger partial charge in [-0.05, 0) is 44.7 Å². The predicted octanol–water partition coefficient (Wildman–Crippen LogP) is 7.75. The third-order valence-electron chi connectivity index (χ3n) is 4.82. The van der Waals surface area contributed by atoms with Crippen molar-refractivity contribution in [1.82, 2.24) is 15.1 Å². The molecule has 10 heteroatoms. The molecule has 38 heavy (non-hydrogen) atoms. The van der Waals surface area contributed by atoms with E-state index in [2.05, 4.69) is 20.1 Å². The summed E-state index contributed by atoms with van der Waals surface area (Å²) >= 11 is 0. The number of nitrogens with one attached hydrogen (secondary N) is 1. The van der Waals surface area contributed by atoms with Gasteiger partial charge in [0.1, 0.15) is 17.9 Å². The molecule has 1 N–H and O–H groups in total. The Morgan fingerprint density at radius 2 is 1.82 bits per heavy atom. The lowest BCUT2D eigenvalue weighted by Crippen LogP contribution is -2.17. The number of ether oxygens (including phenoxy) is 1. The van der Waals surface area contributed by atoms with E-state index in [4.69, 9.17) is 0 Å². The Balaban J connectivity index is 0.00000172. The molecule has 0 saturated heterocycles. The summed E-state index contributed by atoms with van der Waals surface area (Å²) in [5, 5.41) is 7.62. The van der Waals surface area contributed by atoms with Gasteiger partial charge in [-0.3, -0.25) is 9.79 Å². The van der Waals surface area contributed by atoms with Gasteiger partial charge in [0.05, 0.1) is 17.1 Å². The summed E-state index contributed by atoms with van der Waals surface area (Å²) in [7, 11) is 1.74. The van der Waals surface area contributed by atoms with E-state index in [0.717, 1.165) is 18.4 Å². The van der Waals surface area contributed by atoms with Crippen molar-refractivity contribution in [2.24, 2.45) is 4.99 Å². The molecule has 6 nitrogen and oxygen atoms in total. The molecule has 0 bridgehead atoms. The van der Waals surface area contributed by atoms with E-state index >= 15 is 0 Å². The lowest BCUT2D eigenvalue weighted by molar-refractivity contribution is -0.274. The van der Waals surface area contributed by atoms with Crippen molar-refractivity contribution in [3.63, 3.8) is 0 Å². The highest BCUT2D eigenvalue weighted by Crippen LogP contribution is 2.34. The molecule has 2 aromatic carbocycles. The maximum Gasteiger partial charge on any atom is 0.573 e. The van der Waals surface area contributed by atoms with Crippen molar-refractivity contribution >= 4 is 18.2 Å². The molecule has 3 rings (SSSR count). The number of carbonyl (C=O) groups excluding carboxylic acids is 1. The number of aliphatic imine (C=N–C) groups is 1. The van der Waals surface area contributed by atoms with Gasteiger partial charge in [-0.25, -0.2) is 9.07 Å². The van der Waals surface area contributed by atoms with E-state index in [-0.39, 0.29) is 5.56 Å². The predicted molar refractivity (Wildman–Crippen MR) is 145 cm³/mol. The normalized spacial score (nSPS) is 11.4. The summed E-state index contributed by atoms with van der Waals surface area (Å²) in [4.78, 5) is 15.6. The maximum atomic E-state index is 14.3. The molecule has 0 fully saturated rings. The number of halogens is 4. The Morgan fingerprint density at radius 3 is 2.39 bits per heavy atom. The van der Waals surface area contributed by atoms with Gasteiger partial charge in [0, 0.05) is 41.7 Å². The SMILES string of the molecule is CC.CC.CC=N/C=C(\C)n1nc(-c2cccc(C=O)c2CNC)cc1-c1cc(F)cc(OC(F)(F)F)c1. The van der Waals surface area contributed by atoms with E-state index in [0.29, 0.717) is 46.4 Å². The van der Waals surface area contributed by atoms with Crippen LogP contribution in [0.1, 0.15) is 57.5 Å². The Bertz CT molecular complexity index is 1250. The summed E-state index contributed by atoms with van der Waals surface area (Å²) in [6.07, 6.45) is -1.16. The van der Waals surface area contributed by atoms with Gasteiger partial charge in [-0.2, -0.15) is 5.10 Å². The van der Waals surface area contributed by atoms with Crippen LogP contribution in [0.3, 0.4) is 0 Å². The number of carbonyl (C=O) groups is 1. The molecular formula is C28H34F4N4O2. The number of allylic oxidation sites excluding steroid dienone is 1. The summed E-state index contributed by atoms with van der Waals surface area (Å²) in [6.45, 7) is 11.8. The quantitative estimate of drug-likeness (QED) is 0.182. The first-order valence-corrected chi connectivity index (χ1v) is 12.2. The molecule has 0 radical (unpaired) electrons. The number of nitrogens with zero attached hydrogens (tertiary/aromatic N) is 3. The van der Waals surface area contributed by atoms with E-state index in [1.54, 1.807) is 51.4 Å². The number of benzene rings is 2. The molecule has 0 unspecified atom stereocenters. The molecule has 3 aromatic rings. The van der Waals surface area contributed by atoms with Gasteiger partial charge in [-0.1, -0.05) is 45.9 Å². The number of hydrogen-bond donors (Lipinski definition) is 1. The smallest absolute Gasteiger partial charge is 0.406 e. The van der Waals surface area contributed by atoms with Crippen molar-refractivity contribution in [3.05, 3.63) is 65.6 Å². The van der Waals surface area contributed by atoms with Gasteiger partial charge in [0.2, 0.25) is 0 Å². The van der Waals surface area contributed by atoms with Gasteiger partial charge < -0.3 is 10.1 Å². The molecule has 206 valence electrons. The number of aldehydes is 1. The largest absolute Gasteiger partial charge is 0.573 e. The van der Waals surface area contributed by atoms with Crippen LogP contribution < -0.4 is 10.1 Å². The molecule has 0 spiro atoms. The summed E-state index contributed by atoms with van der Waals surface area (Å²) in [5.74, 6) is -1.60. The second-order valence-corrected chi connectivity index (χ2v) is 7.25. The van der Waals surface area contributed by atoms with Crippen molar-refractivity contribution < 1.29 is 27.1 Å². The van der Waals surface area contributed by atoms with Gasteiger partial charge in [0.15, 0.2) is 0 Å². The molecule has 1 heterocycles. The number of rotatable bonds is 8. The average Bonchev–Trinajstić information content (AvgIpc) is 3.34. The van der Waals surface area contributed by atoms with Crippen LogP contribution >= 0.6 is 0 Å². The maximum absolute atomic E-state index is 14.3. The second-order valence-electron chi connectivity index (χ2n) is 7.25. The lowest BCUT2D eigenvalue weighted by atomic mass is 9.98. The number of aromatic nitrogens is 2. The minimum Gasteiger partial charge on any atom is -0.406 e. The zero-order valence-corrected chi connectivity index (χ0v) is 22.7. The number of hydrogen-bond acceptors (Lipinski definition) is 5. The first-order chi connectivity index (χ1) is 18.2. The van der Waals surface area contributed by atoms with E-state index in [1.807, 2.05) is 27.7 Å². The first-order valence-electron chi connectivity index (χ1n) is 12.2. The van der Waals surface area contributed by atoms with Gasteiger partial charge in [-0.15, -0.1) is 13.2 Å². The third kappa shape index (κ3) is 8.65. The molecule has 0 amide bonds. The summed E-state index contributed by atoms with van der Waals surface area (Å²) in [6, 6.07) is 9.61. The minimum absolute atomic E-state index is 0.118. The average molecular weight is 535 g/mol. The first kappa shape index (κ1) is 32.2. The number of alkyl halides is 3. The standard InChI is InChI=1S/C24H22F4N4O2.2C2H6/c1-4-30-12-15(2)32-23(17-8-18(25)10-19(9-17)34-24(26,27)28)11-22(31-32)20-7-5-6-16(14-33)21(20)13-29-3;2*1-2/h4-12,14,29H,13H2,1-3H3;2*1-2H3/b15-12+,30-4?;;. The van der Waals surface area contributed by atoms with Crippen LogP contribution in [0.5, 0.6) is 5.75 Å². The van der Waals surface area contributed by atoms with Gasteiger partial charge in [0.25, 0.3) is 0 Å². The molecule has 0 saturated carbocycles. The van der Waals surface area contributed by atoms with Crippen LogP contribution in [0.15, 0.2) is 53.7 Å². The fourth-order valence-electron chi connectivity index (χ4n) is 3.46. The molecule has 0 aliphatic carbocycles. The zero-order chi connectivity index (χ0) is 28.9. The van der Waals surface area contributed by atoms with Crippen molar-refractivity contribution in [2.45, 2.75) is 54.4 Å². The highest BCUT2D eigenvalue weighted by atomic mass is 19.4. The molecule has 0 atom stereocenters. The van der Waals surface area contributed by atoms with E-state index < -0.39 is 17.9 Å². The van der Waals surface area contributed by atoms with Crippen LogP contribution in [-0.2, 0) is 6.54 Å². The Morgan fingerprint density at radius 1 is 1.13 bits per heavy atom. The fraction of sp³-hybridized carbons (Fsp3) is 0.321. The summed E-state index contributed by atoms with van der Waals surface area (Å²) in [5.41, 5.74) is 3.22. The highest BCUT2D eigenvalue weighted by molar-refractivity contribution is 5.83. The van der Waals surface area contributed by atoms with Gasteiger partial charge >= 0.3 is 6.36 Å². The Labute approximate surface area is 221 Å². The Hall–Kier alpha value is -3.79. The second kappa shape index (κ2) is 15.5. The monoisotopic (exact) mass is 534 g/mol. The Kier molecular flexibility index (Phi) is 13.1. The fourth-order valence-corrected chi connectivity index (χ4v) is 3.46. The minimum atomic E-state index is -4.97. The van der Waals surface area contributed by atoms with Crippen LogP contribution in [0, 0.1) is 5.82 Å². The third-order valence-corrected chi connectivity index (χ3v) is 4.82. The summed E-state index contributed by atoms with van der Waals surface area (Å²) < 4.78 is 57.9. The van der Waals surface area contributed by atoms with Crippen molar-refractivity contribution in [1.29, 1.82) is 0 Å². The molecule has 0 aliphatic rings. The molecule has 0 aliphatic heterocycles. The topological polar surface area (TPSA) is 68.5 Å². The van der Waals surface area contributed by atoms with Crippen LogP contribution in [-0.4, -0.2) is 35.7 Å². The van der Waals surface area contributed by atoms with E-state index in [9.17, 15) is 22.4 Å². The van der Waals surface area contributed by atoms with Crippen LogP contribution in [0.4, 0.5) is 17.6 Å². The van der Waals surface area contributed by atoms with Crippen LogP contribution in [0.25, 0.3) is 28.2 Å².